The highest BCUT2D eigenvalue weighted by molar-refractivity contribution is 5.92. The molecule has 4 rings (SSSR count). The molecule has 0 spiro atoms. The maximum absolute atomic E-state index is 14.5. The number of carboxylic acid groups (broad SMARTS) is 1. The van der Waals surface area contributed by atoms with E-state index >= 15 is 0 Å². The van der Waals surface area contributed by atoms with Gasteiger partial charge in [-0.25, -0.2) is 19.2 Å². The molecule has 4 aromatic heterocycles. The van der Waals surface area contributed by atoms with Gasteiger partial charge in [0, 0.05) is 42.5 Å². The molecule has 146 valence electrons. The summed E-state index contributed by atoms with van der Waals surface area (Å²) in [6.45, 7) is 0.253. The minimum absolute atomic E-state index is 0.0586. The Morgan fingerprint density at radius 1 is 1.14 bits per heavy atom. The number of carbonyl (C=O) groups is 1. The van der Waals surface area contributed by atoms with Crippen molar-refractivity contribution in [1.29, 1.82) is 0 Å². The van der Waals surface area contributed by atoms with Gasteiger partial charge in [-0.1, -0.05) is 6.07 Å². The van der Waals surface area contributed by atoms with Gasteiger partial charge in [-0.05, 0) is 29.3 Å². The third-order valence-corrected chi connectivity index (χ3v) is 4.41. The van der Waals surface area contributed by atoms with Crippen LogP contribution in [0.1, 0.15) is 27.0 Å². The van der Waals surface area contributed by atoms with Crippen LogP contribution in [0.15, 0.2) is 49.1 Å². The molecule has 0 amide bonds. The second-order valence-electron chi connectivity index (χ2n) is 6.43. The predicted octanol–water partition coefficient (Wildman–Crippen LogP) is 3.53. The summed E-state index contributed by atoms with van der Waals surface area (Å²) in [5.74, 6) is -1.87. The second kappa shape index (κ2) is 7.63. The van der Waals surface area contributed by atoms with Gasteiger partial charge in [0.2, 0.25) is 5.95 Å². The molecular formula is C20H15F2N5O2. The van der Waals surface area contributed by atoms with Crippen LogP contribution in [0.3, 0.4) is 0 Å². The van der Waals surface area contributed by atoms with Gasteiger partial charge in [0.05, 0.1) is 11.8 Å². The van der Waals surface area contributed by atoms with Crippen LogP contribution in [0, 0.1) is 11.8 Å². The van der Waals surface area contributed by atoms with Gasteiger partial charge in [0.25, 0.3) is 0 Å². The van der Waals surface area contributed by atoms with Gasteiger partial charge in [-0.2, -0.15) is 4.39 Å². The number of H-pyrrole nitrogens is 1. The van der Waals surface area contributed by atoms with Gasteiger partial charge >= 0.3 is 5.97 Å². The molecule has 0 saturated carbocycles. The summed E-state index contributed by atoms with van der Waals surface area (Å²) >= 11 is 0. The highest BCUT2D eigenvalue weighted by atomic mass is 19.1. The Morgan fingerprint density at radius 2 is 2.00 bits per heavy atom. The van der Waals surface area contributed by atoms with Crippen molar-refractivity contribution in [2.24, 2.45) is 0 Å². The fourth-order valence-electron chi connectivity index (χ4n) is 2.96. The van der Waals surface area contributed by atoms with Gasteiger partial charge in [-0.15, -0.1) is 0 Å². The fraction of sp³-hybridized carbons (Fsp3) is 0.100. The number of nitrogens with zero attached hydrogens (tertiary/aromatic N) is 3. The van der Waals surface area contributed by atoms with Crippen LogP contribution in [0.2, 0.25) is 0 Å². The van der Waals surface area contributed by atoms with Crippen molar-refractivity contribution < 1.29 is 18.7 Å². The van der Waals surface area contributed by atoms with Crippen LogP contribution in [0.4, 0.5) is 14.6 Å². The minimum atomic E-state index is -1.08. The molecule has 0 fully saturated rings. The number of fused-ring (bicyclic) bond motifs is 1. The molecular weight excluding hydrogens is 380 g/mol. The number of carboxylic acids is 1. The van der Waals surface area contributed by atoms with Crippen LogP contribution >= 0.6 is 0 Å². The summed E-state index contributed by atoms with van der Waals surface area (Å²) < 4.78 is 27.7. The van der Waals surface area contributed by atoms with Gasteiger partial charge < -0.3 is 15.4 Å². The average molecular weight is 395 g/mol. The molecule has 0 aromatic carbocycles. The first-order valence-electron chi connectivity index (χ1n) is 8.67. The lowest BCUT2D eigenvalue weighted by atomic mass is 10.1. The molecule has 29 heavy (non-hydrogen) atoms. The number of pyridine rings is 3. The number of anilines is 1. The zero-order valence-electron chi connectivity index (χ0n) is 15.0. The van der Waals surface area contributed by atoms with Crippen molar-refractivity contribution in [2.45, 2.75) is 13.0 Å². The molecule has 0 saturated heterocycles. The summed E-state index contributed by atoms with van der Waals surface area (Å²) in [4.78, 5) is 25.8. The zero-order chi connectivity index (χ0) is 20.4. The molecule has 0 unspecified atom stereocenters. The number of aromatic carboxylic acids is 1. The Balaban J connectivity index is 1.52. The van der Waals surface area contributed by atoms with Crippen LogP contribution in [-0.4, -0.2) is 31.0 Å². The number of hydrogen-bond acceptors (Lipinski definition) is 5. The van der Waals surface area contributed by atoms with E-state index in [0.29, 0.717) is 33.5 Å². The highest BCUT2D eigenvalue weighted by Gasteiger charge is 2.13. The van der Waals surface area contributed by atoms with Crippen LogP contribution in [0.25, 0.3) is 11.0 Å². The van der Waals surface area contributed by atoms with Crippen molar-refractivity contribution in [2.75, 3.05) is 5.32 Å². The number of nitrogens with one attached hydrogen (secondary N) is 2. The third-order valence-electron chi connectivity index (χ3n) is 4.41. The van der Waals surface area contributed by atoms with E-state index in [1.165, 1.54) is 24.5 Å². The van der Waals surface area contributed by atoms with Crippen LogP contribution < -0.4 is 5.32 Å². The maximum atomic E-state index is 14.5. The summed E-state index contributed by atoms with van der Waals surface area (Å²) in [5, 5.41) is 12.7. The molecule has 0 bridgehead atoms. The van der Waals surface area contributed by atoms with Crippen LogP contribution in [-0.2, 0) is 13.0 Å². The van der Waals surface area contributed by atoms with E-state index in [-0.39, 0.29) is 18.5 Å². The minimum Gasteiger partial charge on any atom is -0.478 e. The Labute approximate surface area is 163 Å². The number of rotatable bonds is 6. The number of aromatic amines is 1. The molecule has 4 heterocycles. The Hall–Kier alpha value is -3.88. The van der Waals surface area contributed by atoms with E-state index in [1.54, 1.807) is 18.3 Å². The third kappa shape index (κ3) is 4.03. The largest absolute Gasteiger partial charge is 0.478 e. The van der Waals surface area contributed by atoms with Crippen molar-refractivity contribution in [3.63, 3.8) is 0 Å². The highest BCUT2D eigenvalue weighted by Crippen LogP contribution is 2.22. The number of halogens is 2. The van der Waals surface area contributed by atoms with Gasteiger partial charge in [0.1, 0.15) is 17.3 Å². The van der Waals surface area contributed by atoms with Gasteiger partial charge in [-0.3, -0.25) is 4.98 Å². The molecule has 0 radical (unpaired) electrons. The Kier molecular flexibility index (Phi) is 4.86. The van der Waals surface area contributed by atoms with Crippen LogP contribution in [0.5, 0.6) is 0 Å². The Bertz CT molecular complexity index is 1210. The molecule has 0 aliphatic carbocycles. The van der Waals surface area contributed by atoms with E-state index in [9.17, 15) is 13.6 Å². The normalized spacial score (nSPS) is 11.0. The zero-order valence-corrected chi connectivity index (χ0v) is 15.0. The standard InChI is InChI=1S/C20H15F2N5O2/c21-15-3-11(6-23-10-15)7-24-17-2-1-12(18(22)27-17)4-13-8-25-19-16(13)5-14(9-26-19)20(28)29/h1-3,5-6,8-10H,4,7H2,(H,24,27)(H,25,26)(H,28,29). The van der Waals surface area contributed by atoms with E-state index in [2.05, 4.69) is 25.3 Å². The summed E-state index contributed by atoms with van der Waals surface area (Å²) in [6.07, 6.45) is 5.78. The molecule has 0 atom stereocenters. The molecule has 7 nitrogen and oxygen atoms in total. The molecule has 3 N–H and O–H groups in total. The number of hydrogen-bond donors (Lipinski definition) is 3. The first-order chi connectivity index (χ1) is 14.0. The fourth-order valence-corrected chi connectivity index (χ4v) is 2.96. The summed E-state index contributed by atoms with van der Waals surface area (Å²) in [7, 11) is 0. The molecule has 0 aliphatic heterocycles. The summed E-state index contributed by atoms with van der Waals surface area (Å²) in [5.41, 5.74) is 2.26. The predicted molar refractivity (Wildman–Crippen MR) is 102 cm³/mol. The lowest BCUT2D eigenvalue weighted by Crippen LogP contribution is -2.05. The lowest BCUT2D eigenvalue weighted by Gasteiger charge is -2.08. The maximum Gasteiger partial charge on any atom is 0.337 e. The summed E-state index contributed by atoms with van der Waals surface area (Å²) in [6, 6.07) is 6.06. The smallest absolute Gasteiger partial charge is 0.337 e. The SMILES string of the molecule is O=C(O)c1cnc2[nH]cc(Cc3ccc(NCc4cncc(F)c4)nc3F)c2c1. The topological polar surface area (TPSA) is 104 Å². The van der Waals surface area contributed by atoms with E-state index in [1.807, 2.05) is 0 Å². The second-order valence-corrected chi connectivity index (χ2v) is 6.43. The monoisotopic (exact) mass is 395 g/mol. The van der Waals surface area contributed by atoms with E-state index < -0.39 is 17.7 Å². The first-order valence-corrected chi connectivity index (χ1v) is 8.67. The lowest BCUT2D eigenvalue weighted by molar-refractivity contribution is 0.0696. The first kappa shape index (κ1) is 18.5. The van der Waals surface area contributed by atoms with E-state index in [4.69, 9.17) is 5.11 Å². The quantitative estimate of drug-likeness (QED) is 0.432. The molecule has 9 heteroatoms. The molecule has 4 aromatic rings. The average Bonchev–Trinajstić information content (AvgIpc) is 3.10. The molecule has 0 aliphatic rings. The van der Waals surface area contributed by atoms with Crippen molar-refractivity contribution in [3.05, 3.63) is 83.1 Å². The van der Waals surface area contributed by atoms with E-state index in [0.717, 1.165) is 6.20 Å². The van der Waals surface area contributed by atoms with Crippen molar-refractivity contribution >= 4 is 22.8 Å². The van der Waals surface area contributed by atoms with Crippen molar-refractivity contribution in [1.82, 2.24) is 19.9 Å². The van der Waals surface area contributed by atoms with Crippen molar-refractivity contribution in [3.8, 4) is 0 Å². The number of aromatic nitrogens is 4. The Morgan fingerprint density at radius 3 is 2.76 bits per heavy atom. The van der Waals surface area contributed by atoms with Gasteiger partial charge in [0.15, 0.2) is 0 Å².